The van der Waals surface area contributed by atoms with Crippen molar-refractivity contribution in [2.24, 2.45) is 0 Å². The largest absolute Gasteiger partial charge is 0.535 e. The average Bonchev–Trinajstić information content (AvgIpc) is 3.32. The van der Waals surface area contributed by atoms with E-state index in [-0.39, 0.29) is 32.2 Å². The van der Waals surface area contributed by atoms with Gasteiger partial charge in [-0.15, -0.1) is 23.8 Å². The summed E-state index contributed by atoms with van der Waals surface area (Å²) in [4.78, 5) is 11.5. The summed E-state index contributed by atoms with van der Waals surface area (Å²) >= 11 is 0. The quantitative estimate of drug-likeness (QED) is 0.151. The van der Waals surface area contributed by atoms with Gasteiger partial charge in [0, 0.05) is 44.6 Å². The smallest absolute Gasteiger partial charge is 0.524 e. The van der Waals surface area contributed by atoms with Crippen molar-refractivity contribution in [3.05, 3.63) is 114 Å². The Morgan fingerprint density at radius 2 is 1.64 bits per heavy atom. The predicted octanol–water partition coefficient (Wildman–Crippen LogP) is 7.28. The van der Waals surface area contributed by atoms with Gasteiger partial charge in [0.15, 0.2) is 5.82 Å². The molecule has 5 aromatic rings. The van der Waals surface area contributed by atoms with Crippen molar-refractivity contribution in [3.63, 3.8) is 0 Å². The number of phenols is 1. The zero-order valence-electron chi connectivity index (χ0n) is 24.2. The molecule has 1 aliphatic rings. The molecule has 1 aliphatic heterocycles. The number of rotatable bonds is 5. The second kappa shape index (κ2) is 11.7. The molecular weight excluding hydrogens is 704 g/mol. The van der Waals surface area contributed by atoms with Crippen LogP contribution in [0.4, 0.5) is 11.5 Å². The van der Waals surface area contributed by atoms with Crippen molar-refractivity contribution < 1.29 is 35.6 Å². The van der Waals surface area contributed by atoms with Crippen LogP contribution in [0.1, 0.15) is 37.5 Å². The van der Waals surface area contributed by atoms with E-state index in [1.807, 2.05) is 42.5 Å². The van der Waals surface area contributed by atoms with Gasteiger partial charge in [0.2, 0.25) is 5.88 Å². The second-order valence-electron chi connectivity index (χ2n) is 11.3. The van der Waals surface area contributed by atoms with Crippen molar-refractivity contribution in [1.29, 1.82) is 0 Å². The van der Waals surface area contributed by atoms with Crippen LogP contribution in [0.5, 0.6) is 23.1 Å². The van der Waals surface area contributed by atoms with Crippen LogP contribution in [0.3, 0.4) is 0 Å². The summed E-state index contributed by atoms with van der Waals surface area (Å²) < 4.78 is 12.9. The molecule has 3 heterocycles. The van der Waals surface area contributed by atoms with Gasteiger partial charge < -0.3 is 19.3 Å². The molecule has 1 N–H and O–H groups in total. The van der Waals surface area contributed by atoms with Crippen LogP contribution in [0.25, 0.3) is 11.3 Å². The minimum atomic E-state index is -0.414. The number of aromatic nitrogens is 2. The van der Waals surface area contributed by atoms with Gasteiger partial charge in [0.05, 0.1) is 5.69 Å². The van der Waals surface area contributed by atoms with Gasteiger partial charge in [-0.25, -0.2) is 9.97 Å². The number of hydrogen-bond donors (Lipinski definition) is 1. The Labute approximate surface area is 261 Å². The molecule has 0 atom stereocenters. The van der Waals surface area contributed by atoms with E-state index in [2.05, 4.69) is 74.7 Å². The molecule has 0 saturated carbocycles. The Hall–Kier alpha value is -4.09. The normalized spacial score (nSPS) is 12.4. The molecule has 8 heteroatoms. The van der Waals surface area contributed by atoms with Gasteiger partial charge in [0.25, 0.3) is 0 Å². The Kier molecular flexibility index (Phi) is 8.16. The van der Waals surface area contributed by atoms with E-state index in [0.29, 0.717) is 28.6 Å². The van der Waals surface area contributed by atoms with Crippen molar-refractivity contribution in [3.8, 4) is 34.4 Å². The summed E-state index contributed by atoms with van der Waals surface area (Å²) in [6, 6.07) is 30.4. The third-order valence-corrected chi connectivity index (χ3v) is 7.31. The van der Waals surface area contributed by atoms with Crippen LogP contribution >= 0.6 is 0 Å². The first-order chi connectivity index (χ1) is 19.7. The number of aromatic hydroxyl groups is 1. The van der Waals surface area contributed by atoms with Crippen LogP contribution in [0.15, 0.2) is 91.1 Å². The maximum absolute atomic E-state index is 10.4. The summed E-state index contributed by atoms with van der Waals surface area (Å²) in [5, 5.41) is 10.4. The number of anilines is 2. The molecule has 6 rings (SSSR count). The molecule has 6 nitrogen and oxygen atoms in total. The van der Waals surface area contributed by atoms with Gasteiger partial charge in [-0.2, -0.15) is 0 Å². The first kappa shape index (κ1) is 29.4. The fourth-order valence-electron chi connectivity index (χ4n) is 5.16. The third kappa shape index (κ3) is 5.66. The first-order valence-corrected chi connectivity index (χ1v) is 13.7. The van der Waals surface area contributed by atoms with Crippen molar-refractivity contribution >= 4 is 24.0 Å². The number of aryl methyl sites for hydroxylation is 2. The van der Waals surface area contributed by atoms with E-state index < -0.39 is 7.05 Å². The van der Waals surface area contributed by atoms with Gasteiger partial charge >= 0.3 is 7.05 Å². The minimum absolute atomic E-state index is 0. The average molecular weight is 736 g/mol. The molecule has 214 valence electrons. The molecule has 0 fully saturated rings. The Morgan fingerprint density at radius 1 is 0.905 bits per heavy atom. The molecule has 0 bridgehead atoms. The predicted molar refractivity (Wildman–Crippen MR) is 164 cm³/mol. The molecule has 0 saturated heterocycles. The first-order valence-electron chi connectivity index (χ1n) is 13.7. The molecule has 0 aliphatic carbocycles. The molecule has 0 radical (unpaired) electrons. The number of nitrogens with zero attached hydrogens (tertiary/aromatic N) is 3. The van der Waals surface area contributed by atoms with Gasteiger partial charge in [-0.3, -0.25) is 0 Å². The number of fused-ring (bicyclic) bond motifs is 1. The number of para-hydroxylation sites is 1. The molecule has 3 aromatic carbocycles. The summed E-state index contributed by atoms with van der Waals surface area (Å²) in [6.45, 7) is 10.7. The Bertz CT molecular complexity index is 1730. The van der Waals surface area contributed by atoms with Crippen LogP contribution in [-0.4, -0.2) is 22.1 Å². The Balaban J connectivity index is 0.00000353. The molecular formula is C34H31BN3O3Pt-. The molecule has 0 spiro atoms. The number of hydrogen-bond acceptors (Lipinski definition) is 6. The van der Waals surface area contributed by atoms with Gasteiger partial charge in [-0.05, 0) is 55.1 Å². The van der Waals surface area contributed by atoms with Crippen molar-refractivity contribution in [2.45, 2.75) is 40.0 Å². The standard InChI is InChI=1S/C34H31BN3O3.Pt/c1-22-11-8-12-23(2)32(22)35-38(33-30(41-35)16-10-18-36-33)25-19-24(34(3,4)5)20-26(21-25)40-31-17-9-14-28(37-31)27-13-6-7-15-29(27)39;/h6-20,39H,1-5H3;/q-1;. The number of ether oxygens (including phenoxy) is 1. The number of pyridine rings is 2. The molecule has 42 heavy (non-hydrogen) atoms. The second-order valence-corrected chi connectivity index (χ2v) is 11.3. The van der Waals surface area contributed by atoms with Crippen molar-refractivity contribution in [1.82, 2.24) is 9.97 Å². The summed E-state index contributed by atoms with van der Waals surface area (Å²) in [5.41, 5.74) is 6.32. The van der Waals surface area contributed by atoms with E-state index in [9.17, 15) is 5.11 Å². The van der Waals surface area contributed by atoms with E-state index >= 15 is 0 Å². The van der Waals surface area contributed by atoms with Crippen LogP contribution in [0.2, 0.25) is 0 Å². The number of benzene rings is 3. The van der Waals surface area contributed by atoms with Crippen molar-refractivity contribution in [2.75, 3.05) is 4.81 Å². The summed E-state index contributed by atoms with van der Waals surface area (Å²) in [5.74, 6) is 2.54. The monoisotopic (exact) mass is 735 g/mol. The van der Waals surface area contributed by atoms with Crippen LogP contribution < -0.4 is 19.7 Å². The summed E-state index contributed by atoms with van der Waals surface area (Å²) in [6.07, 6.45) is 1.78. The van der Waals surface area contributed by atoms with Gasteiger partial charge in [-0.1, -0.05) is 74.0 Å². The van der Waals surface area contributed by atoms with E-state index in [1.165, 1.54) is 0 Å². The minimum Gasteiger partial charge on any atom is -0.535 e. The fraction of sp³-hybridized carbons (Fsp3) is 0.176. The van der Waals surface area contributed by atoms with E-state index in [0.717, 1.165) is 33.7 Å². The molecule has 0 unspecified atom stereocenters. The molecule has 2 aromatic heterocycles. The van der Waals surface area contributed by atoms with E-state index in [4.69, 9.17) is 14.4 Å². The zero-order chi connectivity index (χ0) is 28.7. The van der Waals surface area contributed by atoms with Gasteiger partial charge in [0.1, 0.15) is 11.5 Å². The van der Waals surface area contributed by atoms with Crippen LogP contribution in [-0.2, 0) is 26.5 Å². The third-order valence-electron chi connectivity index (χ3n) is 7.31. The summed E-state index contributed by atoms with van der Waals surface area (Å²) in [7, 11) is -0.414. The number of phenolic OH excluding ortho intramolecular Hbond substituents is 1. The Morgan fingerprint density at radius 3 is 2.38 bits per heavy atom. The zero-order valence-corrected chi connectivity index (χ0v) is 26.4. The fourth-order valence-corrected chi connectivity index (χ4v) is 5.16. The van der Waals surface area contributed by atoms with E-state index in [1.54, 1.807) is 24.4 Å². The topological polar surface area (TPSA) is 67.7 Å². The van der Waals surface area contributed by atoms with Crippen LogP contribution in [0, 0.1) is 19.9 Å². The maximum Gasteiger partial charge on any atom is 0.524 e. The maximum atomic E-state index is 10.4. The SMILES string of the molecule is Cc1cccc(C)c1B1Oc2cccnc2N1c1[c-]c(Oc2cccc(-c3ccccc3O)n2)cc(C(C)(C)C)c1.[Pt]. The molecule has 0 amide bonds.